The van der Waals surface area contributed by atoms with E-state index >= 15 is 0 Å². The summed E-state index contributed by atoms with van der Waals surface area (Å²) in [6.07, 6.45) is 3.06. The minimum absolute atomic E-state index is 0.126. The third-order valence-electron chi connectivity index (χ3n) is 6.49. The lowest BCUT2D eigenvalue weighted by molar-refractivity contribution is -0.123. The van der Waals surface area contributed by atoms with Crippen molar-refractivity contribution in [2.45, 2.75) is 13.3 Å². The molecule has 2 aliphatic carbocycles. The molecule has 2 aromatic rings. The lowest BCUT2D eigenvalue weighted by Crippen LogP contribution is -2.32. The largest absolute Gasteiger partial charge is 0.485 e. The molecule has 30 heavy (non-hydrogen) atoms. The van der Waals surface area contributed by atoms with Gasteiger partial charge in [-0.05, 0) is 61.6 Å². The molecule has 5 rings (SSSR count). The number of allylic oxidation sites excluding steroid dienone is 2. The number of hydrogen-bond acceptors (Lipinski definition) is 4. The first kappa shape index (κ1) is 19.1. The van der Waals surface area contributed by atoms with Gasteiger partial charge in [-0.3, -0.25) is 14.4 Å². The number of carbonyl (C=O) groups is 3. The summed E-state index contributed by atoms with van der Waals surface area (Å²) in [7, 11) is 0. The smallest absolute Gasteiger partial charge is 0.238 e. The highest BCUT2D eigenvalue weighted by Crippen LogP contribution is 2.55. The molecule has 152 valence electrons. The van der Waals surface area contributed by atoms with Crippen LogP contribution in [-0.2, 0) is 9.59 Å². The molecule has 1 aliphatic heterocycles. The summed E-state index contributed by atoms with van der Waals surface area (Å²) >= 11 is 5.85. The standard InChI is InChI=1S/C24H20ClNO4/c1-13-9-15-10-19(13)22-21(15)23(28)26(24(22)29)17-3-2-4-18(11-17)30-12-20(27)14-5-7-16(25)8-6-14/h2-9,11,15,19,21-22H,10,12H2,1H3/t15-,19+,21-,22-/m1/s1. The highest BCUT2D eigenvalue weighted by Gasteiger charge is 2.60. The van der Waals surface area contributed by atoms with Crippen molar-refractivity contribution in [3.8, 4) is 5.75 Å². The Balaban J connectivity index is 1.32. The Morgan fingerprint density at radius 1 is 1.10 bits per heavy atom. The molecule has 6 heteroatoms. The van der Waals surface area contributed by atoms with E-state index in [1.807, 2.05) is 6.92 Å². The number of ketones is 1. The molecular formula is C24H20ClNO4. The van der Waals surface area contributed by atoms with Gasteiger partial charge in [0.25, 0.3) is 0 Å². The number of ether oxygens (including phenoxy) is 1. The van der Waals surface area contributed by atoms with E-state index in [1.54, 1.807) is 48.5 Å². The molecule has 0 radical (unpaired) electrons. The monoisotopic (exact) mass is 421 g/mol. The predicted molar refractivity (Wildman–Crippen MR) is 113 cm³/mol. The highest BCUT2D eigenvalue weighted by molar-refractivity contribution is 6.30. The van der Waals surface area contributed by atoms with Crippen molar-refractivity contribution in [3.05, 3.63) is 70.8 Å². The van der Waals surface area contributed by atoms with Crippen molar-refractivity contribution >= 4 is 34.9 Å². The van der Waals surface area contributed by atoms with Crippen LogP contribution in [0.5, 0.6) is 5.75 Å². The molecular weight excluding hydrogens is 402 g/mol. The number of amides is 2. The van der Waals surface area contributed by atoms with Gasteiger partial charge in [0, 0.05) is 16.7 Å². The number of Topliss-reactive ketones (excluding diaryl/α,β-unsaturated/α-hetero) is 1. The SMILES string of the molecule is CC1=C[C@@H]2C[C@@H]1[C@H]1C(=O)N(c3cccc(OCC(=O)c4ccc(Cl)cc4)c3)C(=O)[C@@H]12. The number of hydrogen-bond donors (Lipinski definition) is 0. The highest BCUT2D eigenvalue weighted by atomic mass is 35.5. The summed E-state index contributed by atoms with van der Waals surface area (Å²) < 4.78 is 5.65. The van der Waals surface area contributed by atoms with E-state index in [1.165, 1.54) is 10.5 Å². The van der Waals surface area contributed by atoms with Crippen molar-refractivity contribution in [1.29, 1.82) is 0 Å². The number of rotatable bonds is 5. The van der Waals surface area contributed by atoms with Crippen molar-refractivity contribution in [2.24, 2.45) is 23.7 Å². The van der Waals surface area contributed by atoms with E-state index in [2.05, 4.69) is 6.08 Å². The molecule has 4 atom stereocenters. The van der Waals surface area contributed by atoms with Gasteiger partial charge in [0.1, 0.15) is 5.75 Å². The molecule has 1 heterocycles. The van der Waals surface area contributed by atoms with E-state index in [4.69, 9.17) is 16.3 Å². The van der Waals surface area contributed by atoms with Crippen LogP contribution >= 0.6 is 11.6 Å². The summed E-state index contributed by atoms with van der Waals surface area (Å²) in [6.45, 7) is 1.90. The fraction of sp³-hybridized carbons (Fsp3) is 0.292. The number of fused-ring (bicyclic) bond motifs is 5. The summed E-state index contributed by atoms with van der Waals surface area (Å²) in [6, 6.07) is 13.4. The van der Waals surface area contributed by atoms with E-state index in [0.717, 1.165) is 6.42 Å². The average Bonchev–Trinajstić information content (AvgIpc) is 3.37. The van der Waals surface area contributed by atoms with Crippen molar-refractivity contribution in [3.63, 3.8) is 0 Å². The number of benzene rings is 2. The van der Waals surface area contributed by atoms with Crippen LogP contribution in [0.25, 0.3) is 0 Å². The summed E-state index contributed by atoms with van der Waals surface area (Å²) in [5.74, 6) is -0.153. The fourth-order valence-electron chi connectivity index (χ4n) is 5.11. The second-order valence-electron chi connectivity index (χ2n) is 8.20. The van der Waals surface area contributed by atoms with Gasteiger partial charge < -0.3 is 4.74 Å². The fourth-order valence-corrected chi connectivity index (χ4v) is 5.24. The first-order valence-corrected chi connectivity index (χ1v) is 10.4. The molecule has 2 fully saturated rings. The number of anilines is 1. The quantitative estimate of drug-likeness (QED) is 0.410. The van der Waals surface area contributed by atoms with E-state index in [9.17, 15) is 14.4 Å². The Labute approximate surface area is 179 Å². The normalized spacial score (nSPS) is 26.7. The molecule has 2 bridgehead atoms. The lowest BCUT2D eigenvalue weighted by Gasteiger charge is -2.19. The third-order valence-corrected chi connectivity index (χ3v) is 6.74. The van der Waals surface area contributed by atoms with Crippen LogP contribution in [0.3, 0.4) is 0 Å². The minimum atomic E-state index is -0.248. The molecule has 0 N–H and O–H groups in total. The molecule has 2 aromatic carbocycles. The van der Waals surface area contributed by atoms with E-state index in [-0.39, 0.29) is 47.9 Å². The molecule has 1 saturated carbocycles. The van der Waals surface area contributed by atoms with Gasteiger partial charge in [0.15, 0.2) is 12.4 Å². The first-order valence-electron chi connectivity index (χ1n) is 10.0. The maximum atomic E-state index is 13.1. The van der Waals surface area contributed by atoms with Crippen LogP contribution in [0, 0.1) is 23.7 Å². The zero-order valence-electron chi connectivity index (χ0n) is 16.4. The van der Waals surface area contributed by atoms with E-state index < -0.39 is 0 Å². The van der Waals surface area contributed by atoms with Crippen LogP contribution in [0.15, 0.2) is 60.2 Å². The first-order chi connectivity index (χ1) is 14.4. The van der Waals surface area contributed by atoms with Gasteiger partial charge in [-0.1, -0.05) is 29.3 Å². The van der Waals surface area contributed by atoms with E-state index in [0.29, 0.717) is 22.0 Å². The topological polar surface area (TPSA) is 63.7 Å². The van der Waals surface area contributed by atoms with Gasteiger partial charge >= 0.3 is 0 Å². The van der Waals surface area contributed by atoms with Crippen molar-refractivity contribution in [2.75, 3.05) is 11.5 Å². The Morgan fingerprint density at radius 2 is 1.83 bits per heavy atom. The van der Waals surface area contributed by atoms with Gasteiger partial charge in [-0.15, -0.1) is 0 Å². The van der Waals surface area contributed by atoms with Crippen molar-refractivity contribution in [1.82, 2.24) is 0 Å². The maximum Gasteiger partial charge on any atom is 0.238 e. The Hall–Kier alpha value is -2.92. The lowest BCUT2D eigenvalue weighted by atomic mass is 9.82. The van der Waals surface area contributed by atoms with Crippen LogP contribution < -0.4 is 9.64 Å². The van der Waals surface area contributed by atoms with Gasteiger partial charge in [0.05, 0.1) is 17.5 Å². The molecule has 0 aromatic heterocycles. The zero-order chi connectivity index (χ0) is 21.0. The van der Waals surface area contributed by atoms with Crippen LogP contribution in [0.2, 0.25) is 5.02 Å². The third kappa shape index (κ3) is 2.96. The second kappa shape index (κ2) is 7.10. The zero-order valence-corrected chi connectivity index (χ0v) is 17.1. The predicted octanol–water partition coefficient (Wildman–Crippen LogP) is 4.30. The number of imide groups is 1. The van der Waals surface area contributed by atoms with Crippen LogP contribution in [-0.4, -0.2) is 24.2 Å². The Kier molecular flexibility index (Phi) is 4.51. The number of nitrogens with zero attached hydrogens (tertiary/aromatic N) is 1. The van der Waals surface area contributed by atoms with Crippen LogP contribution in [0.4, 0.5) is 5.69 Å². The number of carbonyl (C=O) groups excluding carboxylic acids is 3. The molecule has 5 nitrogen and oxygen atoms in total. The molecule has 1 saturated heterocycles. The molecule has 0 spiro atoms. The molecule has 3 aliphatic rings. The maximum absolute atomic E-state index is 13.1. The summed E-state index contributed by atoms with van der Waals surface area (Å²) in [5.41, 5.74) is 2.22. The minimum Gasteiger partial charge on any atom is -0.485 e. The van der Waals surface area contributed by atoms with Gasteiger partial charge in [0.2, 0.25) is 11.8 Å². The van der Waals surface area contributed by atoms with Gasteiger partial charge in [-0.25, -0.2) is 4.90 Å². The summed E-state index contributed by atoms with van der Waals surface area (Å²) in [5, 5.41) is 0.559. The average molecular weight is 422 g/mol. The van der Waals surface area contributed by atoms with Crippen LogP contribution in [0.1, 0.15) is 23.7 Å². The molecule has 2 amide bonds. The summed E-state index contributed by atoms with van der Waals surface area (Å²) in [4.78, 5) is 39.8. The van der Waals surface area contributed by atoms with Crippen molar-refractivity contribution < 1.29 is 19.1 Å². The number of halogens is 1. The molecule has 0 unspecified atom stereocenters. The van der Waals surface area contributed by atoms with Gasteiger partial charge in [-0.2, -0.15) is 0 Å². The second-order valence-corrected chi connectivity index (χ2v) is 8.63. The Morgan fingerprint density at radius 3 is 2.60 bits per heavy atom. The Bertz CT molecular complexity index is 1090.